The molecule has 1 atom stereocenters. The van der Waals surface area contributed by atoms with Gasteiger partial charge in [0, 0.05) is 31.3 Å². The van der Waals surface area contributed by atoms with Gasteiger partial charge in [-0.15, -0.1) is 0 Å². The molecule has 1 saturated heterocycles. The third kappa shape index (κ3) is 2.91. The van der Waals surface area contributed by atoms with Crippen molar-refractivity contribution < 1.29 is 4.74 Å². The zero-order valence-corrected chi connectivity index (χ0v) is 15.5. The molecule has 138 valence electrons. The van der Waals surface area contributed by atoms with Crippen LogP contribution in [0.15, 0.2) is 53.5 Å². The molecule has 2 aromatic rings. The first kappa shape index (κ1) is 17.5. The van der Waals surface area contributed by atoms with Gasteiger partial charge in [-0.2, -0.15) is 0 Å². The Labute approximate surface area is 155 Å². The van der Waals surface area contributed by atoms with Crippen LogP contribution in [-0.4, -0.2) is 30.4 Å². The maximum Gasteiger partial charge on any atom is 0.251 e. The van der Waals surface area contributed by atoms with E-state index in [0.717, 1.165) is 30.6 Å². The third-order valence-corrected chi connectivity index (χ3v) is 6.62. The van der Waals surface area contributed by atoms with Gasteiger partial charge in [0.2, 0.25) is 0 Å². The van der Waals surface area contributed by atoms with Crippen LogP contribution >= 0.6 is 0 Å². The molecule has 4 nitrogen and oxygen atoms in total. The molecule has 1 aliphatic carbocycles. The lowest BCUT2D eigenvalue weighted by Crippen LogP contribution is -2.61. The minimum Gasteiger partial charge on any atom is -0.376 e. The van der Waals surface area contributed by atoms with E-state index in [1.165, 1.54) is 25.7 Å². The van der Waals surface area contributed by atoms with Crippen molar-refractivity contribution in [3.63, 3.8) is 0 Å². The molecule has 1 N–H and O–H groups in total. The van der Waals surface area contributed by atoms with Crippen LogP contribution in [0.5, 0.6) is 0 Å². The monoisotopic (exact) mass is 352 g/mol. The number of aromatic nitrogens is 1. The molecule has 0 radical (unpaired) electrons. The number of nitrogens with zero attached hydrogens (tertiary/aromatic N) is 1. The van der Waals surface area contributed by atoms with E-state index in [-0.39, 0.29) is 16.6 Å². The van der Waals surface area contributed by atoms with E-state index in [0.29, 0.717) is 6.54 Å². The van der Waals surface area contributed by atoms with Gasteiger partial charge in [-0.3, -0.25) is 4.79 Å². The van der Waals surface area contributed by atoms with E-state index in [2.05, 4.69) is 5.32 Å². The van der Waals surface area contributed by atoms with Crippen molar-refractivity contribution in [3.05, 3.63) is 59.0 Å². The lowest BCUT2D eigenvalue weighted by atomic mass is 9.66. The molecule has 1 aromatic heterocycles. The average Bonchev–Trinajstić information content (AvgIpc) is 3.16. The quantitative estimate of drug-likeness (QED) is 0.916. The first-order valence-corrected chi connectivity index (χ1v) is 9.70. The van der Waals surface area contributed by atoms with Crippen molar-refractivity contribution in [2.45, 2.75) is 44.2 Å². The summed E-state index contributed by atoms with van der Waals surface area (Å²) in [5.74, 6) is 0. The van der Waals surface area contributed by atoms with E-state index in [9.17, 15) is 4.79 Å². The van der Waals surface area contributed by atoms with Crippen molar-refractivity contribution >= 4 is 0 Å². The summed E-state index contributed by atoms with van der Waals surface area (Å²) >= 11 is 0. The number of ether oxygens (including phenoxy) is 1. The number of hydrogen-bond acceptors (Lipinski definition) is 3. The Kier molecular flexibility index (Phi) is 4.72. The summed E-state index contributed by atoms with van der Waals surface area (Å²) in [4.78, 5) is 12.8. The zero-order valence-electron chi connectivity index (χ0n) is 15.5. The van der Waals surface area contributed by atoms with Gasteiger partial charge in [0.1, 0.15) is 0 Å². The predicted molar refractivity (Wildman–Crippen MR) is 104 cm³/mol. The maximum atomic E-state index is 12.8. The van der Waals surface area contributed by atoms with E-state index in [1.807, 2.05) is 54.3 Å². The number of benzene rings is 1. The molecule has 26 heavy (non-hydrogen) atoms. The van der Waals surface area contributed by atoms with E-state index < -0.39 is 0 Å². The summed E-state index contributed by atoms with van der Waals surface area (Å²) in [6.07, 6.45) is 7.78. The third-order valence-electron chi connectivity index (χ3n) is 6.62. The summed E-state index contributed by atoms with van der Waals surface area (Å²) in [5.41, 5.74) is 1.99. The van der Waals surface area contributed by atoms with Crippen molar-refractivity contribution in [2.24, 2.45) is 5.41 Å². The molecular formula is C22H28N2O2. The molecule has 2 heterocycles. The van der Waals surface area contributed by atoms with Crippen LogP contribution in [0.4, 0.5) is 0 Å². The van der Waals surface area contributed by atoms with Crippen LogP contribution < -0.4 is 10.9 Å². The van der Waals surface area contributed by atoms with Crippen LogP contribution in [0.3, 0.4) is 0 Å². The van der Waals surface area contributed by atoms with Crippen molar-refractivity contribution in [2.75, 3.05) is 20.2 Å². The summed E-state index contributed by atoms with van der Waals surface area (Å²) < 4.78 is 8.04. The molecule has 1 saturated carbocycles. The van der Waals surface area contributed by atoms with Gasteiger partial charge in [-0.05, 0) is 43.0 Å². The lowest BCUT2D eigenvalue weighted by Gasteiger charge is -2.51. The maximum absolute atomic E-state index is 12.8. The number of methoxy groups -OCH3 is 1. The Balaban J connectivity index is 1.66. The Bertz CT molecular complexity index is 808. The molecule has 1 aromatic carbocycles. The van der Waals surface area contributed by atoms with Crippen LogP contribution in [0.1, 0.15) is 32.1 Å². The van der Waals surface area contributed by atoms with Gasteiger partial charge in [-0.25, -0.2) is 0 Å². The number of piperidine rings is 1. The second-order valence-corrected chi connectivity index (χ2v) is 7.86. The molecular weight excluding hydrogens is 324 g/mol. The summed E-state index contributed by atoms with van der Waals surface area (Å²) in [6.45, 7) is 2.59. The molecule has 1 spiro atoms. The van der Waals surface area contributed by atoms with Gasteiger partial charge in [0.25, 0.3) is 5.56 Å². The van der Waals surface area contributed by atoms with Gasteiger partial charge in [0.05, 0.1) is 12.1 Å². The topological polar surface area (TPSA) is 43.3 Å². The molecule has 0 unspecified atom stereocenters. The van der Waals surface area contributed by atoms with Crippen LogP contribution in [0.2, 0.25) is 0 Å². The molecule has 4 heteroatoms. The van der Waals surface area contributed by atoms with Crippen LogP contribution in [0.25, 0.3) is 11.1 Å². The minimum absolute atomic E-state index is 0.0504. The Hall–Kier alpha value is -1.91. The smallest absolute Gasteiger partial charge is 0.251 e. The SMILES string of the molecule is CO[C@@]1(Cn2ccc(-c3ccccc3)cc2=O)CCNCC12CCCC2. The highest BCUT2D eigenvalue weighted by Crippen LogP contribution is 2.51. The van der Waals surface area contributed by atoms with Gasteiger partial charge >= 0.3 is 0 Å². The Morgan fingerprint density at radius 1 is 1.08 bits per heavy atom. The Morgan fingerprint density at radius 3 is 2.54 bits per heavy atom. The standard InChI is InChI=1S/C22H28N2O2/c1-26-22(12-13-23-16-21(22)10-5-6-11-21)17-24-14-9-19(15-20(24)25)18-7-3-2-4-8-18/h2-4,7-9,14-15,23H,5-6,10-13,16-17H2,1H3/t22-/m1/s1. The molecule has 4 rings (SSSR count). The summed E-state index contributed by atoms with van der Waals surface area (Å²) in [5, 5.41) is 3.57. The van der Waals surface area contributed by atoms with Crippen LogP contribution in [0, 0.1) is 5.41 Å². The second-order valence-electron chi connectivity index (χ2n) is 7.86. The van der Waals surface area contributed by atoms with E-state index in [4.69, 9.17) is 4.74 Å². The molecule has 1 aliphatic heterocycles. The molecule has 2 aliphatic rings. The molecule has 2 fully saturated rings. The average molecular weight is 352 g/mol. The Morgan fingerprint density at radius 2 is 1.85 bits per heavy atom. The van der Waals surface area contributed by atoms with Gasteiger partial charge in [-0.1, -0.05) is 43.2 Å². The molecule has 0 bridgehead atoms. The highest BCUT2D eigenvalue weighted by atomic mass is 16.5. The fourth-order valence-corrected chi connectivity index (χ4v) is 5.08. The number of hydrogen-bond donors (Lipinski definition) is 1. The van der Waals surface area contributed by atoms with Crippen LogP contribution in [-0.2, 0) is 11.3 Å². The number of nitrogens with one attached hydrogen (secondary N) is 1. The number of pyridine rings is 1. The van der Waals surface area contributed by atoms with Crippen molar-refractivity contribution in [1.29, 1.82) is 0 Å². The fourth-order valence-electron chi connectivity index (χ4n) is 5.08. The summed E-state index contributed by atoms with van der Waals surface area (Å²) in [7, 11) is 1.83. The normalized spacial score (nSPS) is 24.8. The minimum atomic E-state index is -0.257. The first-order valence-electron chi connectivity index (χ1n) is 9.70. The number of rotatable bonds is 4. The predicted octanol–water partition coefficient (Wildman–Crippen LogP) is 3.45. The fraction of sp³-hybridized carbons (Fsp3) is 0.500. The summed E-state index contributed by atoms with van der Waals surface area (Å²) in [6, 6.07) is 13.9. The van der Waals surface area contributed by atoms with Gasteiger partial charge in [0.15, 0.2) is 0 Å². The first-order chi connectivity index (χ1) is 12.7. The van der Waals surface area contributed by atoms with Gasteiger partial charge < -0.3 is 14.6 Å². The lowest BCUT2D eigenvalue weighted by molar-refractivity contribution is -0.141. The van der Waals surface area contributed by atoms with E-state index in [1.54, 1.807) is 6.07 Å². The molecule has 0 amide bonds. The second kappa shape index (κ2) is 7.01. The van der Waals surface area contributed by atoms with Crippen molar-refractivity contribution in [3.8, 4) is 11.1 Å². The largest absolute Gasteiger partial charge is 0.376 e. The highest BCUT2D eigenvalue weighted by Gasteiger charge is 2.54. The highest BCUT2D eigenvalue weighted by molar-refractivity contribution is 5.62. The van der Waals surface area contributed by atoms with Crippen molar-refractivity contribution in [1.82, 2.24) is 9.88 Å². The van der Waals surface area contributed by atoms with E-state index >= 15 is 0 Å². The zero-order chi connectivity index (χ0) is 18.0.